The minimum Gasteiger partial charge on any atom is -0.306 e. The first-order valence-electron chi connectivity index (χ1n) is 7.89. The molecule has 6 nitrogen and oxygen atoms in total. The molecule has 0 bridgehead atoms. The second kappa shape index (κ2) is 7.88. The quantitative estimate of drug-likeness (QED) is 0.685. The number of hydrogen-bond acceptors (Lipinski definition) is 4. The molecule has 0 saturated carbocycles. The van der Waals surface area contributed by atoms with Crippen LogP contribution in [0.15, 0.2) is 46.2 Å². The van der Waals surface area contributed by atoms with Crippen LogP contribution in [0.1, 0.15) is 24.2 Å². The molecule has 1 aromatic heterocycles. The van der Waals surface area contributed by atoms with Crippen molar-refractivity contribution in [1.82, 2.24) is 8.87 Å². The van der Waals surface area contributed by atoms with Crippen LogP contribution < -0.4 is 5.56 Å². The van der Waals surface area contributed by atoms with Crippen molar-refractivity contribution in [3.8, 4) is 0 Å². The fraction of sp³-hybridized carbons (Fsp3) is 0.294. The molecule has 2 rings (SSSR count). The SMILES string of the molecule is CCN(CC)S(=O)(=O)c1ccc(=O)n(CC(=O)c2cc(F)ccc2F)c1. The van der Waals surface area contributed by atoms with Crippen molar-refractivity contribution in [2.45, 2.75) is 25.3 Å². The number of ketones is 1. The van der Waals surface area contributed by atoms with Gasteiger partial charge in [0, 0.05) is 25.4 Å². The summed E-state index contributed by atoms with van der Waals surface area (Å²) in [4.78, 5) is 24.0. The van der Waals surface area contributed by atoms with Crippen molar-refractivity contribution >= 4 is 15.8 Å². The molecule has 0 spiro atoms. The number of halogens is 2. The van der Waals surface area contributed by atoms with Crippen LogP contribution in [0, 0.1) is 11.6 Å². The molecular formula is C17H18F2N2O4S. The van der Waals surface area contributed by atoms with Gasteiger partial charge in [0.25, 0.3) is 5.56 Å². The lowest BCUT2D eigenvalue weighted by atomic mass is 10.1. The molecule has 26 heavy (non-hydrogen) atoms. The number of aromatic nitrogens is 1. The van der Waals surface area contributed by atoms with E-state index in [-0.39, 0.29) is 18.0 Å². The first-order chi connectivity index (χ1) is 12.2. The van der Waals surface area contributed by atoms with Crippen LogP contribution in [-0.4, -0.2) is 36.2 Å². The number of carbonyl (C=O) groups is 1. The Hall–Kier alpha value is -2.39. The van der Waals surface area contributed by atoms with Gasteiger partial charge in [-0.25, -0.2) is 17.2 Å². The zero-order valence-corrected chi connectivity index (χ0v) is 15.1. The molecule has 0 fully saturated rings. The number of Topliss-reactive ketones (excluding diaryl/α,β-unsaturated/α-hetero) is 1. The Morgan fingerprint density at radius 1 is 1.12 bits per heavy atom. The van der Waals surface area contributed by atoms with Crippen LogP contribution in [0.3, 0.4) is 0 Å². The molecule has 0 aliphatic heterocycles. The monoisotopic (exact) mass is 384 g/mol. The lowest BCUT2D eigenvalue weighted by molar-refractivity contribution is 0.0966. The highest BCUT2D eigenvalue weighted by Gasteiger charge is 2.23. The van der Waals surface area contributed by atoms with Gasteiger partial charge < -0.3 is 4.57 Å². The number of pyridine rings is 1. The van der Waals surface area contributed by atoms with E-state index in [1.54, 1.807) is 13.8 Å². The minimum atomic E-state index is -3.83. The summed E-state index contributed by atoms with van der Waals surface area (Å²) in [7, 11) is -3.83. The Balaban J connectivity index is 2.41. The van der Waals surface area contributed by atoms with Gasteiger partial charge >= 0.3 is 0 Å². The van der Waals surface area contributed by atoms with E-state index in [0.717, 1.165) is 41.1 Å². The van der Waals surface area contributed by atoms with E-state index in [9.17, 15) is 26.8 Å². The lowest BCUT2D eigenvalue weighted by Crippen LogP contribution is -2.32. The van der Waals surface area contributed by atoms with Gasteiger partial charge in [0.15, 0.2) is 5.78 Å². The fourth-order valence-electron chi connectivity index (χ4n) is 2.45. The third kappa shape index (κ3) is 4.05. The predicted molar refractivity (Wildman–Crippen MR) is 91.5 cm³/mol. The molecule has 0 aliphatic rings. The second-order valence-electron chi connectivity index (χ2n) is 5.47. The summed E-state index contributed by atoms with van der Waals surface area (Å²) < 4.78 is 54.1. The highest BCUT2D eigenvalue weighted by atomic mass is 32.2. The fourth-order valence-corrected chi connectivity index (χ4v) is 3.93. The molecule has 9 heteroatoms. The first-order valence-corrected chi connectivity index (χ1v) is 9.33. The molecular weight excluding hydrogens is 366 g/mol. The van der Waals surface area contributed by atoms with Gasteiger partial charge in [-0.1, -0.05) is 13.8 Å². The van der Waals surface area contributed by atoms with E-state index in [1.807, 2.05) is 0 Å². The van der Waals surface area contributed by atoms with Gasteiger partial charge in [-0.2, -0.15) is 4.31 Å². The zero-order valence-electron chi connectivity index (χ0n) is 14.3. The number of rotatable bonds is 7. The van der Waals surface area contributed by atoms with E-state index in [0.29, 0.717) is 0 Å². The first kappa shape index (κ1) is 19.9. The van der Waals surface area contributed by atoms with Gasteiger partial charge in [-0.05, 0) is 24.3 Å². The van der Waals surface area contributed by atoms with E-state index in [2.05, 4.69) is 0 Å². The van der Waals surface area contributed by atoms with Gasteiger partial charge in [-0.15, -0.1) is 0 Å². The molecule has 0 atom stereocenters. The van der Waals surface area contributed by atoms with E-state index >= 15 is 0 Å². The molecule has 0 radical (unpaired) electrons. The summed E-state index contributed by atoms with van der Waals surface area (Å²) in [6.07, 6.45) is 1.03. The maximum absolute atomic E-state index is 13.7. The maximum atomic E-state index is 13.7. The van der Waals surface area contributed by atoms with Crippen LogP contribution >= 0.6 is 0 Å². The standard InChI is InChI=1S/C17H18F2N2O4S/c1-3-21(4-2)26(24,25)13-6-8-17(23)20(10-13)11-16(22)14-9-12(18)5-7-15(14)19/h5-10H,3-4,11H2,1-2H3. The highest BCUT2D eigenvalue weighted by molar-refractivity contribution is 7.89. The summed E-state index contributed by atoms with van der Waals surface area (Å²) in [5, 5.41) is 0. The Labute approximate surface area is 149 Å². The summed E-state index contributed by atoms with van der Waals surface area (Å²) in [6, 6.07) is 4.59. The zero-order chi connectivity index (χ0) is 19.5. The Morgan fingerprint density at radius 3 is 2.38 bits per heavy atom. The third-order valence-corrected chi connectivity index (χ3v) is 5.88. The van der Waals surface area contributed by atoms with Crippen LogP contribution in [-0.2, 0) is 16.6 Å². The molecule has 1 aromatic carbocycles. The molecule has 0 N–H and O–H groups in total. The van der Waals surface area contributed by atoms with Crippen molar-refractivity contribution in [3.63, 3.8) is 0 Å². The average Bonchev–Trinajstić information content (AvgIpc) is 2.59. The van der Waals surface area contributed by atoms with Crippen LogP contribution in [0.2, 0.25) is 0 Å². The predicted octanol–water partition coefficient (Wildman–Crippen LogP) is 2.04. The van der Waals surface area contributed by atoms with E-state index in [1.165, 1.54) is 4.31 Å². The molecule has 0 aliphatic carbocycles. The van der Waals surface area contributed by atoms with Crippen LogP contribution in [0.5, 0.6) is 0 Å². The summed E-state index contributed by atoms with van der Waals surface area (Å²) >= 11 is 0. The molecule has 140 valence electrons. The molecule has 1 heterocycles. The maximum Gasteiger partial charge on any atom is 0.251 e. The van der Waals surface area contributed by atoms with Gasteiger partial charge in [0.2, 0.25) is 10.0 Å². The number of sulfonamides is 1. The van der Waals surface area contributed by atoms with Gasteiger partial charge in [0.05, 0.1) is 17.0 Å². The van der Waals surface area contributed by atoms with E-state index in [4.69, 9.17) is 0 Å². The normalized spacial score (nSPS) is 11.7. The van der Waals surface area contributed by atoms with Crippen LogP contribution in [0.25, 0.3) is 0 Å². The summed E-state index contributed by atoms with van der Waals surface area (Å²) in [5.74, 6) is -2.56. The Morgan fingerprint density at radius 2 is 1.77 bits per heavy atom. The number of benzene rings is 1. The smallest absolute Gasteiger partial charge is 0.251 e. The van der Waals surface area contributed by atoms with Crippen molar-refractivity contribution in [3.05, 3.63) is 64.1 Å². The van der Waals surface area contributed by atoms with E-state index < -0.39 is 45.1 Å². The number of hydrogen-bond donors (Lipinski definition) is 0. The topological polar surface area (TPSA) is 76.5 Å². The van der Waals surface area contributed by atoms with Crippen molar-refractivity contribution in [1.29, 1.82) is 0 Å². The summed E-state index contributed by atoms with van der Waals surface area (Å²) in [5.41, 5.74) is -1.14. The average molecular weight is 384 g/mol. The lowest BCUT2D eigenvalue weighted by Gasteiger charge is -2.19. The molecule has 0 amide bonds. The number of carbonyl (C=O) groups excluding carboxylic acids is 1. The largest absolute Gasteiger partial charge is 0.306 e. The second-order valence-corrected chi connectivity index (χ2v) is 7.41. The highest BCUT2D eigenvalue weighted by Crippen LogP contribution is 2.15. The van der Waals surface area contributed by atoms with Crippen molar-refractivity contribution in [2.24, 2.45) is 0 Å². The summed E-state index contributed by atoms with van der Waals surface area (Å²) in [6.45, 7) is 3.22. The van der Waals surface area contributed by atoms with Crippen molar-refractivity contribution < 1.29 is 22.0 Å². The number of nitrogens with zero attached hydrogens (tertiary/aromatic N) is 2. The third-order valence-electron chi connectivity index (χ3n) is 3.84. The van der Waals surface area contributed by atoms with Crippen LogP contribution in [0.4, 0.5) is 8.78 Å². The Bertz CT molecular complexity index is 982. The van der Waals surface area contributed by atoms with Gasteiger partial charge in [0.1, 0.15) is 11.6 Å². The Kier molecular flexibility index (Phi) is 6.04. The minimum absolute atomic E-state index is 0.159. The van der Waals surface area contributed by atoms with Crippen molar-refractivity contribution in [2.75, 3.05) is 13.1 Å². The molecule has 2 aromatic rings. The van der Waals surface area contributed by atoms with Gasteiger partial charge in [-0.3, -0.25) is 9.59 Å². The molecule has 0 unspecified atom stereocenters. The molecule has 0 saturated heterocycles.